The van der Waals surface area contributed by atoms with Crippen LogP contribution in [0.2, 0.25) is 0 Å². The van der Waals surface area contributed by atoms with Crippen molar-refractivity contribution in [1.29, 1.82) is 0 Å². The minimum Gasteiger partial charge on any atom is -0.103 e. The van der Waals surface area contributed by atoms with Gasteiger partial charge in [0.25, 0.3) is 0 Å². The minimum atomic E-state index is 1.18. The number of halogens is 1. The van der Waals surface area contributed by atoms with Crippen molar-refractivity contribution in [2.24, 2.45) is 0 Å². The summed E-state index contributed by atoms with van der Waals surface area (Å²) < 4.78 is 0. The van der Waals surface area contributed by atoms with Gasteiger partial charge in [0.1, 0.15) is 0 Å². The SMILES string of the molecule is C=CCCCCCCCCCCCCCCBr. The Labute approximate surface area is 117 Å². The summed E-state index contributed by atoms with van der Waals surface area (Å²) in [4.78, 5) is 0. The van der Waals surface area contributed by atoms with Gasteiger partial charge < -0.3 is 0 Å². The summed E-state index contributed by atoms with van der Waals surface area (Å²) >= 11 is 3.48. The number of unbranched alkanes of at least 4 members (excludes halogenated alkanes) is 12. The second-order valence-corrected chi connectivity index (χ2v) is 5.80. The molecule has 0 unspecified atom stereocenters. The van der Waals surface area contributed by atoms with Crippen LogP contribution >= 0.6 is 15.9 Å². The molecule has 0 atom stereocenters. The van der Waals surface area contributed by atoms with E-state index in [1.807, 2.05) is 6.08 Å². The molecule has 0 rings (SSSR count). The van der Waals surface area contributed by atoms with Crippen LogP contribution in [-0.2, 0) is 0 Å². The fourth-order valence-corrected chi connectivity index (χ4v) is 2.55. The van der Waals surface area contributed by atoms with Gasteiger partial charge >= 0.3 is 0 Å². The Bertz CT molecular complexity index is 142. The molecule has 102 valence electrons. The molecule has 0 radical (unpaired) electrons. The molecule has 0 heterocycles. The predicted molar refractivity (Wildman–Crippen MR) is 84.0 cm³/mol. The Balaban J connectivity index is 2.87. The van der Waals surface area contributed by atoms with Gasteiger partial charge in [0.05, 0.1) is 0 Å². The lowest BCUT2D eigenvalue weighted by Crippen LogP contribution is -1.83. The topological polar surface area (TPSA) is 0 Å². The van der Waals surface area contributed by atoms with Crippen molar-refractivity contribution in [2.45, 2.75) is 83.5 Å². The molecular formula is C16H31Br. The molecular weight excluding hydrogens is 272 g/mol. The summed E-state index contributed by atoms with van der Waals surface area (Å²) in [6.07, 6.45) is 20.3. The van der Waals surface area contributed by atoms with Gasteiger partial charge in [0.2, 0.25) is 0 Å². The molecule has 0 nitrogen and oxygen atoms in total. The van der Waals surface area contributed by atoms with Crippen LogP contribution in [0.1, 0.15) is 83.5 Å². The highest BCUT2D eigenvalue weighted by atomic mass is 79.9. The second-order valence-electron chi connectivity index (χ2n) is 5.01. The van der Waals surface area contributed by atoms with E-state index in [0.717, 1.165) is 0 Å². The molecule has 1 heteroatoms. The maximum Gasteiger partial charge on any atom is 0.00313 e. The molecule has 0 aliphatic heterocycles. The quantitative estimate of drug-likeness (QED) is 0.192. The summed E-state index contributed by atoms with van der Waals surface area (Å²) in [6, 6.07) is 0. The first-order valence-corrected chi connectivity index (χ1v) is 8.71. The normalized spacial score (nSPS) is 10.6. The lowest BCUT2D eigenvalue weighted by molar-refractivity contribution is 0.545. The summed E-state index contributed by atoms with van der Waals surface area (Å²) in [5.74, 6) is 0. The molecule has 0 aliphatic carbocycles. The third kappa shape index (κ3) is 16.2. The van der Waals surface area contributed by atoms with E-state index in [2.05, 4.69) is 22.5 Å². The zero-order chi connectivity index (χ0) is 12.6. The van der Waals surface area contributed by atoms with Crippen LogP contribution < -0.4 is 0 Å². The number of alkyl halides is 1. The Morgan fingerprint density at radius 3 is 1.29 bits per heavy atom. The molecule has 0 aromatic heterocycles. The monoisotopic (exact) mass is 302 g/mol. The van der Waals surface area contributed by atoms with Gasteiger partial charge in [-0.2, -0.15) is 0 Å². The van der Waals surface area contributed by atoms with Crippen molar-refractivity contribution in [1.82, 2.24) is 0 Å². The van der Waals surface area contributed by atoms with Crippen LogP contribution in [0.25, 0.3) is 0 Å². The first-order valence-electron chi connectivity index (χ1n) is 7.58. The fourth-order valence-electron chi connectivity index (χ4n) is 2.15. The van der Waals surface area contributed by atoms with Crippen molar-refractivity contribution >= 4 is 15.9 Å². The van der Waals surface area contributed by atoms with Gasteiger partial charge in [-0.15, -0.1) is 6.58 Å². The first-order chi connectivity index (χ1) is 8.41. The van der Waals surface area contributed by atoms with Gasteiger partial charge in [-0.3, -0.25) is 0 Å². The Kier molecular flexibility index (Phi) is 16.4. The van der Waals surface area contributed by atoms with Gasteiger partial charge in [0.15, 0.2) is 0 Å². The molecule has 0 fully saturated rings. The van der Waals surface area contributed by atoms with Crippen molar-refractivity contribution in [3.63, 3.8) is 0 Å². The van der Waals surface area contributed by atoms with Crippen molar-refractivity contribution in [2.75, 3.05) is 5.33 Å². The lowest BCUT2D eigenvalue weighted by atomic mass is 10.0. The smallest absolute Gasteiger partial charge is 0.00313 e. The van der Waals surface area contributed by atoms with Crippen LogP contribution in [0, 0.1) is 0 Å². The van der Waals surface area contributed by atoms with E-state index in [-0.39, 0.29) is 0 Å². The van der Waals surface area contributed by atoms with Gasteiger partial charge in [0, 0.05) is 5.33 Å². The Morgan fingerprint density at radius 1 is 0.588 bits per heavy atom. The maximum atomic E-state index is 3.75. The van der Waals surface area contributed by atoms with E-state index in [9.17, 15) is 0 Å². The highest BCUT2D eigenvalue weighted by Crippen LogP contribution is 2.12. The molecule has 0 N–H and O–H groups in total. The van der Waals surface area contributed by atoms with E-state index in [1.165, 1.54) is 88.8 Å². The highest BCUT2D eigenvalue weighted by molar-refractivity contribution is 9.09. The Morgan fingerprint density at radius 2 is 0.941 bits per heavy atom. The lowest BCUT2D eigenvalue weighted by Gasteiger charge is -2.02. The van der Waals surface area contributed by atoms with E-state index in [0.29, 0.717) is 0 Å². The van der Waals surface area contributed by atoms with Crippen LogP contribution in [0.15, 0.2) is 12.7 Å². The van der Waals surface area contributed by atoms with Crippen molar-refractivity contribution < 1.29 is 0 Å². The Hall–Kier alpha value is 0.220. The average Bonchev–Trinajstić information content (AvgIpc) is 2.35. The molecule has 0 aliphatic rings. The molecule has 0 aromatic carbocycles. The average molecular weight is 303 g/mol. The number of allylic oxidation sites excluding steroid dienone is 1. The highest BCUT2D eigenvalue weighted by Gasteiger charge is 1.93. The zero-order valence-corrected chi connectivity index (χ0v) is 13.1. The fraction of sp³-hybridized carbons (Fsp3) is 0.875. The molecule has 0 spiro atoms. The third-order valence-electron chi connectivity index (χ3n) is 3.29. The van der Waals surface area contributed by atoms with E-state index >= 15 is 0 Å². The van der Waals surface area contributed by atoms with E-state index < -0.39 is 0 Å². The largest absolute Gasteiger partial charge is 0.103 e. The van der Waals surface area contributed by atoms with Crippen LogP contribution in [0.3, 0.4) is 0 Å². The van der Waals surface area contributed by atoms with E-state index in [4.69, 9.17) is 0 Å². The van der Waals surface area contributed by atoms with Crippen LogP contribution in [0.4, 0.5) is 0 Å². The summed E-state index contributed by atoms with van der Waals surface area (Å²) in [5, 5.41) is 1.18. The zero-order valence-electron chi connectivity index (χ0n) is 11.6. The van der Waals surface area contributed by atoms with Gasteiger partial charge in [-0.05, 0) is 19.3 Å². The summed E-state index contributed by atoms with van der Waals surface area (Å²) in [7, 11) is 0. The minimum absolute atomic E-state index is 1.18. The van der Waals surface area contributed by atoms with Crippen LogP contribution in [-0.4, -0.2) is 5.33 Å². The van der Waals surface area contributed by atoms with Crippen molar-refractivity contribution in [3.05, 3.63) is 12.7 Å². The molecule has 0 saturated carbocycles. The molecule has 0 saturated heterocycles. The number of rotatable bonds is 14. The number of hydrogen-bond acceptors (Lipinski definition) is 0. The van der Waals surface area contributed by atoms with E-state index in [1.54, 1.807) is 0 Å². The summed E-state index contributed by atoms with van der Waals surface area (Å²) in [6.45, 7) is 3.75. The first kappa shape index (κ1) is 17.2. The maximum absolute atomic E-state index is 3.75. The number of hydrogen-bond donors (Lipinski definition) is 0. The van der Waals surface area contributed by atoms with Crippen LogP contribution in [0.5, 0.6) is 0 Å². The second kappa shape index (κ2) is 16.2. The molecule has 0 bridgehead atoms. The molecule has 0 amide bonds. The predicted octanol–water partition coefficient (Wildman–Crippen LogP) is 6.64. The molecule has 17 heavy (non-hydrogen) atoms. The standard InChI is InChI=1S/C16H31Br/c1-2-3-4-5-6-7-8-9-10-11-12-13-14-15-16-17/h2H,1,3-16H2. The third-order valence-corrected chi connectivity index (χ3v) is 3.85. The van der Waals surface area contributed by atoms with Gasteiger partial charge in [-0.25, -0.2) is 0 Å². The molecule has 0 aromatic rings. The van der Waals surface area contributed by atoms with Gasteiger partial charge in [-0.1, -0.05) is 86.2 Å². The van der Waals surface area contributed by atoms with Crippen molar-refractivity contribution in [3.8, 4) is 0 Å². The summed E-state index contributed by atoms with van der Waals surface area (Å²) in [5.41, 5.74) is 0.